The lowest BCUT2D eigenvalue weighted by Gasteiger charge is -2.34. The Hall–Kier alpha value is -3.59. The van der Waals surface area contributed by atoms with Crippen LogP contribution >= 0.6 is 0 Å². The van der Waals surface area contributed by atoms with Crippen LogP contribution < -0.4 is 10.1 Å². The molecular formula is C22H25F2N5O7S. The van der Waals surface area contributed by atoms with Gasteiger partial charge in [-0.05, 0) is 38.5 Å². The summed E-state index contributed by atoms with van der Waals surface area (Å²) in [4.78, 5) is 40.8. The maximum atomic E-state index is 13.1. The van der Waals surface area contributed by atoms with Crippen LogP contribution in [0.1, 0.15) is 23.9 Å². The first-order valence-electron chi connectivity index (χ1n) is 11.2. The normalized spacial score (nSPS) is 21.0. The Balaban J connectivity index is 1.39. The SMILES string of the molecule is Cc1noc(C)c1S(=O)(=O)N1CCN(C(=O)CN2C(=O)N[C@@](C)(c3ccc(OC(F)F)cc3)C2=O)CC1. The Kier molecular flexibility index (Phi) is 6.94. The summed E-state index contributed by atoms with van der Waals surface area (Å²) < 4.78 is 61.3. The molecule has 0 unspecified atom stereocenters. The molecule has 15 heteroatoms. The van der Waals surface area contributed by atoms with Crippen LogP contribution in [-0.4, -0.2) is 84.9 Å². The summed E-state index contributed by atoms with van der Waals surface area (Å²) in [5, 5.41) is 6.23. The number of sulfonamides is 1. The van der Waals surface area contributed by atoms with E-state index in [1.165, 1.54) is 54.2 Å². The van der Waals surface area contributed by atoms with Crippen molar-refractivity contribution in [3.05, 3.63) is 41.3 Å². The zero-order valence-electron chi connectivity index (χ0n) is 20.2. The molecule has 1 N–H and O–H groups in total. The fourth-order valence-corrected chi connectivity index (χ4v) is 6.10. The van der Waals surface area contributed by atoms with E-state index in [1.807, 2.05) is 0 Å². The quantitative estimate of drug-likeness (QED) is 0.515. The number of imide groups is 1. The van der Waals surface area contributed by atoms with E-state index < -0.39 is 46.6 Å². The van der Waals surface area contributed by atoms with E-state index in [9.17, 15) is 31.6 Å². The fraction of sp³-hybridized carbons (Fsp3) is 0.455. The number of hydrogen-bond acceptors (Lipinski definition) is 8. The molecule has 2 aliphatic rings. The average Bonchev–Trinajstić information content (AvgIpc) is 3.30. The average molecular weight is 542 g/mol. The molecule has 0 radical (unpaired) electrons. The first kappa shape index (κ1) is 26.5. The van der Waals surface area contributed by atoms with Crippen LogP contribution in [0.4, 0.5) is 13.6 Å². The van der Waals surface area contributed by atoms with Crippen LogP contribution in [0.2, 0.25) is 0 Å². The lowest BCUT2D eigenvalue weighted by atomic mass is 9.92. The van der Waals surface area contributed by atoms with Crippen molar-refractivity contribution in [1.82, 2.24) is 24.6 Å². The number of ether oxygens (including phenoxy) is 1. The van der Waals surface area contributed by atoms with Crippen molar-refractivity contribution in [2.45, 2.75) is 37.8 Å². The molecule has 0 spiro atoms. The molecule has 2 aromatic rings. The van der Waals surface area contributed by atoms with Gasteiger partial charge in [-0.25, -0.2) is 13.2 Å². The van der Waals surface area contributed by atoms with Crippen molar-refractivity contribution in [3.63, 3.8) is 0 Å². The minimum Gasteiger partial charge on any atom is -0.435 e. The summed E-state index contributed by atoms with van der Waals surface area (Å²) in [7, 11) is -3.87. The van der Waals surface area contributed by atoms with Gasteiger partial charge in [-0.1, -0.05) is 17.3 Å². The summed E-state index contributed by atoms with van der Waals surface area (Å²) >= 11 is 0. The Morgan fingerprint density at radius 3 is 2.32 bits per heavy atom. The van der Waals surface area contributed by atoms with Crippen LogP contribution in [0.5, 0.6) is 5.75 Å². The van der Waals surface area contributed by atoms with E-state index in [4.69, 9.17) is 4.52 Å². The largest absolute Gasteiger partial charge is 0.435 e. The van der Waals surface area contributed by atoms with Gasteiger partial charge >= 0.3 is 12.6 Å². The van der Waals surface area contributed by atoms with Gasteiger partial charge in [0.05, 0.1) is 0 Å². The van der Waals surface area contributed by atoms with Gasteiger partial charge in [-0.2, -0.15) is 13.1 Å². The lowest BCUT2D eigenvalue weighted by molar-refractivity contribution is -0.139. The van der Waals surface area contributed by atoms with Gasteiger partial charge in [0, 0.05) is 26.2 Å². The van der Waals surface area contributed by atoms with E-state index in [-0.39, 0.29) is 48.3 Å². The van der Waals surface area contributed by atoms with E-state index in [0.717, 1.165) is 4.90 Å². The van der Waals surface area contributed by atoms with Crippen molar-refractivity contribution < 1.29 is 40.8 Å². The number of hydrogen-bond donors (Lipinski definition) is 1. The molecule has 1 aromatic heterocycles. The number of urea groups is 1. The number of halogens is 2. The lowest BCUT2D eigenvalue weighted by Crippen LogP contribution is -2.53. The number of rotatable bonds is 7. The molecule has 3 heterocycles. The van der Waals surface area contributed by atoms with Crippen LogP contribution in [-0.2, 0) is 25.2 Å². The summed E-state index contributed by atoms with van der Waals surface area (Å²) in [6.45, 7) is 1.09. The number of alkyl halides is 2. The molecule has 0 bridgehead atoms. The minimum atomic E-state index is -3.87. The van der Waals surface area contributed by atoms with Crippen molar-refractivity contribution in [1.29, 1.82) is 0 Å². The molecule has 200 valence electrons. The third kappa shape index (κ3) is 4.87. The zero-order valence-corrected chi connectivity index (χ0v) is 21.0. The smallest absolute Gasteiger partial charge is 0.387 e. The van der Waals surface area contributed by atoms with Crippen LogP contribution in [0.3, 0.4) is 0 Å². The van der Waals surface area contributed by atoms with E-state index in [0.29, 0.717) is 5.56 Å². The van der Waals surface area contributed by atoms with Gasteiger partial charge in [0.2, 0.25) is 15.9 Å². The molecular weight excluding hydrogens is 516 g/mol. The third-order valence-electron chi connectivity index (χ3n) is 6.38. The van der Waals surface area contributed by atoms with Gasteiger partial charge in [-0.3, -0.25) is 14.5 Å². The summed E-state index contributed by atoms with van der Waals surface area (Å²) in [6, 6.07) is 4.46. The van der Waals surface area contributed by atoms with Crippen molar-refractivity contribution >= 4 is 27.9 Å². The number of carbonyl (C=O) groups excluding carboxylic acids is 3. The van der Waals surface area contributed by atoms with Crippen molar-refractivity contribution in [3.8, 4) is 5.75 Å². The maximum Gasteiger partial charge on any atom is 0.387 e. The van der Waals surface area contributed by atoms with Gasteiger partial charge < -0.3 is 19.5 Å². The first-order valence-corrected chi connectivity index (χ1v) is 12.7. The number of amides is 4. The maximum absolute atomic E-state index is 13.1. The molecule has 0 saturated carbocycles. The molecule has 4 amide bonds. The Labute approximate surface area is 211 Å². The topological polar surface area (TPSA) is 142 Å². The highest BCUT2D eigenvalue weighted by molar-refractivity contribution is 7.89. The van der Waals surface area contributed by atoms with Gasteiger partial charge in [-0.15, -0.1) is 0 Å². The Morgan fingerprint density at radius 1 is 1.16 bits per heavy atom. The molecule has 1 aromatic carbocycles. The predicted octanol–water partition coefficient (Wildman–Crippen LogP) is 1.19. The molecule has 4 rings (SSSR count). The standard InChI is InChI=1S/C22H25F2N5O7S/c1-13-18(14(2)36-26-13)37(33,34)28-10-8-27(9-11-28)17(30)12-29-19(31)22(3,25-21(29)32)15-4-6-16(7-5-15)35-20(23)24/h4-7,20H,8-12H2,1-3H3,(H,25,32)/t22-/m0/s1. The van der Waals surface area contributed by atoms with Gasteiger partial charge in [0.25, 0.3) is 5.91 Å². The van der Waals surface area contributed by atoms with Crippen molar-refractivity contribution in [2.75, 3.05) is 32.7 Å². The molecule has 2 aliphatic heterocycles. The zero-order chi connectivity index (χ0) is 27.1. The number of nitrogens with zero attached hydrogens (tertiary/aromatic N) is 4. The number of nitrogens with one attached hydrogen (secondary N) is 1. The molecule has 2 saturated heterocycles. The van der Waals surface area contributed by atoms with Crippen molar-refractivity contribution in [2.24, 2.45) is 0 Å². The molecule has 0 aliphatic carbocycles. The van der Waals surface area contributed by atoms with Gasteiger partial charge in [0.15, 0.2) is 5.76 Å². The van der Waals surface area contributed by atoms with E-state index in [1.54, 1.807) is 0 Å². The summed E-state index contributed by atoms with van der Waals surface area (Å²) in [5.41, 5.74) is -0.948. The number of aryl methyl sites for hydroxylation is 2. The second kappa shape index (κ2) is 9.70. The Bertz CT molecular complexity index is 1300. The number of piperazine rings is 1. The summed E-state index contributed by atoms with van der Waals surface area (Å²) in [5.74, 6) is -1.15. The highest BCUT2D eigenvalue weighted by Gasteiger charge is 2.50. The number of aromatic nitrogens is 1. The van der Waals surface area contributed by atoms with E-state index >= 15 is 0 Å². The fourth-order valence-electron chi connectivity index (χ4n) is 4.39. The second-order valence-corrected chi connectivity index (χ2v) is 10.7. The predicted molar refractivity (Wildman–Crippen MR) is 122 cm³/mol. The minimum absolute atomic E-state index is 0.000280. The monoisotopic (exact) mass is 541 g/mol. The van der Waals surface area contributed by atoms with Crippen LogP contribution in [0.25, 0.3) is 0 Å². The first-order chi connectivity index (χ1) is 17.3. The van der Waals surface area contributed by atoms with Crippen LogP contribution in [0, 0.1) is 13.8 Å². The summed E-state index contributed by atoms with van der Waals surface area (Å²) in [6.07, 6.45) is 0. The van der Waals surface area contributed by atoms with Gasteiger partial charge in [0.1, 0.15) is 28.4 Å². The highest BCUT2D eigenvalue weighted by Crippen LogP contribution is 2.30. The van der Waals surface area contributed by atoms with E-state index in [2.05, 4.69) is 15.2 Å². The second-order valence-electron chi connectivity index (χ2n) is 8.79. The molecule has 2 fully saturated rings. The molecule has 37 heavy (non-hydrogen) atoms. The van der Waals surface area contributed by atoms with Crippen LogP contribution in [0.15, 0.2) is 33.7 Å². The Morgan fingerprint density at radius 2 is 1.78 bits per heavy atom. The molecule has 1 atom stereocenters. The third-order valence-corrected chi connectivity index (χ3v) is 8.53. The number of carbonyl (C=O) groups is 3. The highest BCUT2D eigenvalue weighted by atomic mass is 32.2. The number of benzene rings is 1. The molecule has 12 nitrogen and oxygen atoms in total.